The van der Waals surface area contributed by atoms with Gasteiger partial charge in [-0.3, -0.25) is 4.90 Å². The molecule has 0 bridgehead atoms. The van der Waals surface area contributed by atoms with E-state index >= 15 is 0 Å². The van der Waals surface area contributed by atoms with Gasteiger partial charge in [-0.1, -0.05) is 0 Å². The van der Waals surface area contributed by atoms with Crippen LogP contribution in [0.25, 0.3) is 0 Å². The van der Waals surface area contributed by atoms with Crippen LogP contribution < -0.4 is 5.73 Å². The standard InChI is InChI=1S/C14H18F2N2/c15-11-5-10(6-12(16)7-11)14-9(8-17)3-4-18(14)13-1-2-13/h5-7,9,13-14H,1-4,8,17H2. The summed E-state index contributed by atoms with van der Waals surface area (Å²) in [6, 6.07) is 4.52. The average Bonchev–Trinajstić information content (AvgIpc) is 3.07. The van der Waals surface area contributed by atoms with Gasteiger partial charge in [-0.2, -0.15) is 0 Å². The molecular weight excluding hydrogens is 234 g/mol. The van der Waals surface area contributed by atoms with Crippen LogP contribution in [0.1, 0.15) is 30.9 Å². The third-order valence-corrected chi connectivity index (χ3v) is 4.11. The molecule has 3 rings (SSSR count). The summed E-state index contributed by atoms with van der Waals surface area (Å²) in [6.07, 6.45) is 3.42. The molecule has 1 heterocycles. The second kappa shape index (κ2) is 4.59. The van der Waals surface area contributed by atoms with Gasteiger partial charge in [-0.25, -0.2) is 8.78 Å². The number of nitrogens with two attached hydrogens (primary N) is 1. The largest absolute Gasteiger partial charge is 0.330 e. The first kappa shape index (κ1) is 12.1. The summed E-state index contributed by atoms with van der Waals surface area (Å²) in [5, 5.41) is 0. The fraction of sp³-hybridized carbons (Fsp3) is 0.571. The molecule has 98 valence electrons. The van der Waals surface area contributed by atoms with E-state index in [1.54, 1.807) is 0 Å². The molecule has 2 nitrogen and oxygen atoms in total. The summed E-state index contributed by atoms with van der Waals surface area (Å²) >= 11 is 0. The molecule has 1 saturated carbocycles. The fourth-order valence-electron chi connectivity index (χ4n) is 3.15. The van der Waals surface area contributed by atoms with Crippen molar-refractivity contribution in [1.82, 2.24) is 4.90 Å². The maximum atomic E-state index is 13.4. The molecule has 0 aromatic heterocycles. The van der Waals surface area contributed by atoms with Gasteiger partial charge in [0, 0.05) is 18.2 Å². The highest BCUT2D eigenvalue weighted by atomic mass is 19.1. The summed E-state index contributed by atoms with van der Waals surface area (Å²) in [5.41, 5.74) is 6.55. The first-order chi connectivity index (χ1) is 8.69. The number of halogens is 2. The van der Waals surface area contributed by atoms with E-state index in [4.69, 9.17) is 5.73 Å². The van der Waals surface area contributed by atoms with E-state index in [0.717, 1.165) is 24.6 Å². The third kappa shape index (κ3) is 2.15. The molecule has 1 aliphatic heterocycles. The van der Waals surface area contributed by atoms with Crippen molar-refractivity contribution in [3.8, 4) is 0 Å². The maximum absolute atomic E-state index is 13.4. The molecule has 18 heavy (non-hydrogen) atoms. The lowest BCUT2D eigenvalue weighted by molar-refractivity contribution is 0.219. The molecular formula is C14H18F2N2. The zero-order valence-electron chi connectivity index (χ0n) is 10.3. The second-order valence-corrected chi connectivity index (χ2v) is 5.40. The van der Waals surface area contributed by atoms with Crippen molar-refractivity contribution in [1.29, 1.82) is 0 Å². The number of hydrogen-bond donors (Lipinski definition) is 1. The van der Waals surface area contributed by atoms with Crippen molar-refractivity contribution >= 4 is 0 Å². The van der Waals surface area contributed by atoms with Crippen LogP contribution in [0.4, 0.5) is 8.78 Å². The Labute approximate surface area is 106 Å². The molecule has 2 N–H and O–H groups in total. The molecule has 1 aromatic carbocycles. The van der Waals surface area contributed by atoms with Gasteiger partial charge in [0.25, 0.3) is 0 Å². The molecule has 2 fully saturated rings. The van der Waals surface area contributed by atoms with Crippen molar-refractivity contribution < 1.29 is 8.78 Å². The molecule has 2 unspecified atom stereocenters. The summed E-state index contributed by atoms with van der Waals surface area (Å²) in [6.45, 7) is 1.57. The molecule has 0 amide bonds. The zero-order valence-corrected chi connectivity index (χ0v) is 10.3. The Kier molecular flexibility index (Phi) is 3.08. The monoisotopic (exact) mass is 252 g/mol. The molecule has 1 saturated heterocycles. The van der Waals surface area contributed by atoms with E-state index < -0.39 is 11.6 Å². The first-order valence-electron chi connectivity index (χ1n) is 6.61. The van der Waals surface area contributed by atoms with Crippen molar-refractivity contribution in [3.63, 3.8) is 0 Å². The van der Waals surface area contributed by atoms with Gasteiger partial charge in [0.05, 0.1) is 0 Å². The Balaban J connectivity index is 1.94. The Bertz CT molecular complexity index is 425. The highest BCUT2D eigenvalue weighted by molar-refractivity contribution is 5.24. The van der Waals surface area contributed by atoms with Crippen molar-refractivity contribution in [2.75, 3.05) is 13.1 Å². The molecule has 1 aliphatic carbocycles. The summed E-state index contributed by atoms with van der Waals surface area (Å²) in [7, 11) is 0. The lowest BCUT2D eigenvalue weighted by Crippen LogP contribution is -2.30. The summed E-state index contributed by atoms with van der Waals surface area (Å²) < 4.78 is 26.7. The van der Waals surface area contributed by atoms with Gasteiger partial charge in [-0.05, 0) is 56.0 Å². The fourth-order valence-corrected chi connectivity index (χ4v) is 3.15. The Morgan fingerprint density at radius 1 is 1.11 bits per heavy atom. The number of hydrogen-bond acceptors (Lipinski definition) is 2. The second-order valence-electron chi connectivity index (χ2n) is 5.40. The van der Waals surface area contributed by atoms with E-state index in [1.807, 2.05) is 0 Å². The normalized spacial score (nSPS) is 28.8. The van der Waals surface area contributed by atoms with Crippen molar-refractivity contribution in [3.05, 3.63) is 35.4 Å². The van der Waals surface area contributed by atoms with Crippen LogP contribution in [-0.4, -0.2) is 24.0 Å². The van der Waals surface area contributed by atoms with Gasteiger partial charge in [0.2, 0.25) is 0 Å². The third-order valence-electron chi connectivity index (χ3n) is 4.11. The van der Waals surface area contributed by atoms with Crippen molar-refractivity contribution in [2.24, 2.45) is 11.7 Å². The van der Waals surface area contributed by atoms with E-state index in [-0.39, 0.29) is 6.04 Å². The molecule has 4 heteroatoms. The van der Waals surface area contributed by atoms with E-state index in [0.29, 0.717) is 18.5 Å². The van der Waals surface area contributed by atoms with Gasteiger partial charge in [0.1, 0.15) is 11.6 Å². The van der Waals surface area contributed by atoms with E-state index in [1.165, 1.54) is 25.0 Å². The molecule has 2 aliphatic rings. The van der Waals surface area contributed by atoms with E-state index in [9.17, 15) is 8.78 Å². The Morgan fingerprint density at radius 3 is 2.33 bits per heavy atom. The average molecular weight is 252 g/mol. The maximum Gasteiger partial charge on any atom is 0.126 e. The van der Waals surface area contributed by atoms with Crippen LogP contribution in [0.15, 0.2) is 18.2 Å². The Morgan fingerprint density at radius 2 is 1.78 bits per heavy atom. The predicted octanol–water partition coefficient (Wildman–Crippen LogP) is 2.45. The van der Waals surface area contributed by atoms with Crippen molar-refractivity contribution in [2.45, 2.75) is 31.3 Å². The lowest BCUT2D eigenvalue weighted by atomic mass is 9.93. The number of likely N-dealkylation sites (tertiary alicyclic amines) is 1. The van der Waals surface area contributed by atoms with Crippen LogP contribution in [0.3, 0.4) is 0 Å². The zero-order chi connectivity index (χ0) is 12.7. The first-order valence-corrected chi connectivity index (χ1v) is 6.61. The van der Waals surface area contributed by atoms with Crippen LogP contribution in [-0.2, 0) is 0 Å². The van der Waals surface area contributed by atoms with Crippen LogP contribution >= 0.6 is 0 Å². The van der Waals surface area contributed by atoms with E-state index in [2.05, 4.69) is 4.90 Å². The molecule has 0 radical (unpaired) electrons. The summed E-state index contributed by atoms with van der Waals surface area (Å²) in [5.74, 6) is -0.682. The van der Waals surface area contributed by atoms with Crippen LogP contribution in [0, 0.1) is 17.6 Å². The van der Waals surface area contributed by atoms with Gasteiger partial charge < -0.3 is 5.73 Å². The number of benzene rings is 1. The number of nitrogens with zero attached hydrogens (tertiary/aromatic N) is 1. The van der Waals surface area contributed by atoms with Crippen LogP contribution in [0.2, 0.25) is 0 Å². The lowest BCUT2D eigenvalue weighted by Gasteiger charge is -2.28. The van der Waals surface area contributed by atoms with Crippen LogP contribution in [0.5, 0.6) is 0 Å². The minimum absolute atomic E-state index is 0.0905. The Hall–Kier alpha value is -1.00. The van der Waals surface area contributed by atoms with Gasteiger partial charge in [-0.15, -0.1) is 0 Å². The SMILES string of the molecule is NCC1CCN(C2CC2)C1c1cc(F)cc(F)c1. The molecule has 0 spiro atoms. The highest BCUT2D eigenvalue weighted by Gasteiger charge is 2.42. The van der Waals surface area contributed by atoms with Gasteiger partial charge >= 0.3 is 0 Å². The van der Waals surface area contributed by atoms with Gasteiger partial charge in [0.15, 0.2) is 0 Å². The molecule has 2 atom stereocenters. The minimum Gasteiger partial charge on any atom is -0.330 e. The highest BCUT2D eigenvalue weighted by Crippen LogP contribution is 2.43. The summed E-state index contributed by atoms with van der Waals surface area (Å²) in [4.78, 5) is 2.38. The smallest absolute Gasteiger partial charge is 0.126 e. The minimum atomic E-state index is -0.497. The molecule has 1 aromatic rings. The topological polar surface area (TPSA) is 29.3 Å². The predicted molar refractivity (Wildman–Crippen MR) is 66.0 cm³/mol. The quantitative estimate of drug-likeness (QED) is 0.895. The number of rotatable bonds is 3.